The van der Waals surface area contributed by atoms with Gasteiger partial charge in [0.15, 0.2) is 0 Å². The Morgan fingerprint density at radius 2 is 1.95 bits per heavy atom. The Morgan fingerprint density at radius 1 is 1.15 bits per heavy atom. The Balaban J connectivity index is 1.48. The van der Waals surface area contributed by atoms with Gasteiger partial charge in [-0.2, -0.15) is 0 Å². The van der Waals surface area contributed by atoms with Gasteiger partial charge in [0.2, 0.25) is 0 Å². The molecule has 0 unspecified atom stereocenters. The third-order valence-corrected chi connectivity index (χ3v) is 5.52. The Labute approximate surface area is 122 Å². The van der Waals surface area contributed by atoms with Crippen molar-refractivity contribution in [2.75, 3.05) is 24.5 Å². The normalized spacial score (nSPS) is 24.1. The van der Waals surface area contributed by atoms with Crippen LogP contribution in [0.15, 0.2) is 24.3 Å². The first-order chi connectivity index (χ1) is 9.85. The van der Waals surface area contributed by atoms with E-state index < -0.39 is 0 Å². The lowest BCUT2D eigenvalue weighted by Crippen LogP contribution is -2.42. The summed E-state index contributed by atoms with van der Waals surface area (Å²) in [6.45, 7) is 3.74. The molecule has 2 fully saturated rings. The van der Waals surface area contributed by atoms with Gasteiger partial charge in [0, 0.05) is 36.8 Å². The first-order valence-electron chi connectivity index (χ1n) is 8.41. The van der Waals surface area contributed by atoms with Crippen molar-refractivity contribution in [3.63, 3.8) is 0 Å². The molecule has 20 heavy (non-hydrogen) atoms. The number of hydrogen-bond acceptors (Lipinski definition) is 2. The summed E-state index contributed by atoms with van der Waals surface area (Å²) >= 11 is 0. The molecule has 1 N–H and O–H groups in total. The van der Waals surface area contributed by atoms with Crippen LogP contribution in [0.3, 0.4) is 0 Å². The summed E-state index contributed by atoms with van der Waals surface area (Å²) in [5.41, 5.74) is 3.60. The first kappa shape index (κ1) is 12.7. The fourth-order valence-electron chi connectivity index (χ4n) is 4.14. The highest BCUT2D eigenvalue weighted by molar-refractivity contribution is 5.58. The van der Waals surface area contributed by atoms with Crippen molar-refractivity contribution in [2.45, 2.75) is 51.0 Å². The van der Waals surface area contributed by atoms with E-state index in [2.05, 4.69) is 34.5 Å². The molecule has 0 saturated heterocycles. The minimum Gasteiger partial charge on any atom is -0.370 e. The van der Waals surface area contributed by atoms with Gasteiger partial charge in [-0.05, 0) is 43.7 Å². The molecule has 2 heteroatoms. The largest absolute Gasteiger partial charge is 0.370 e. The van der Waals surface area contributed by atoms with Crippen LogP contribution in [-0.2, 0) is 6.42 Å². The van der Waals surface area contributed by atoms with Crippen LogP contribution in [0.1, 0.15) is 44.1 Å². The van der Waals surface area contributed by atoms with Gasteiger partial charge in [0.05, 0.1) is 0 Å². The van der Waals surface area contributed by atoms with Crippen LogP contribution in [0.5, 0.6) is 0 Å². The van der Waals surface area contributed by atoms with Crippen LogP contribution in [-0.4, -0.2) is 25.7 Å². The van der Waals surface area contributed by atoms with Gasteiger partial charge in [-0.15, -0.1) is 0 Å². The highest BCUT2D eigenvalue weighted by Crippen LogP contribution is 2.41. The second-order valence-electron chi connectivity index (χ2n) is 7.16. The predicted molar refractivity (Wildman–Crippen MR) is 84.3 cm³/mol. The topological polar surface area (TPSA) is 15.3 Å². The van der Waals surface area contributed by atoms with Gasteiger partial charge in [0.25, 0.3) is 0 Å². The Kier molecular flexibility index (Phi) is 3.22. The van der Waals surface area contributed by atoms with Gasteiger partial charge in [-0.3, -0.25) is 0 Å². The zero-order valence-electron chi connectivity index (χ0n) is 12.4. The van der Waals surface area contributed by atoms with Crippen molar-refractivity contribution in [1.82, 2.24) is 5.32 Å². The maximum Gasteiger partial charge on any atom is 0.0399 e. The van der Waals surface area contributed by atoms with Crippen molar-refractivity contribution < 1.29 is 0 Å². The summed E-state index contributed by atoms with van der Waals surface area (Å²) in [6, 6.07) is 9.85. The Morgan fingerprint density at radius 3 is 2.75 bits per heavy atom. The van der Waals surface area contributed by atoms with Crippen LogP contribution in [0.4, 0.5) is 5.69 Å². The molecule has 1 aromatic carbocycles. The fraction of sp³-hybridized carbons (Fsp3) is 0.667. The number of para-hydroxylation sites is 1. The average molecular weight is 270 g/mol. The molecular weight excluding hydrogens is 244 g/mol. The van der Waals surface area contributed by atoms with Crippen molar-refractivity contribution in [2.24, 2.45) is 5.41 Å². The van der Waals surface area contributed by atoms with Gasteiger partial charge in [-0.25, -0.2) is 0 Å². The zero-order chi connectivity index (χ0) is 13.4. The maximum absolute atomic E-state index is 3.81. The van der Waals surface area contributed by atoms with E-state index in [-0.39, 0.29) is 0 Å². The highest BCUT2D eigenvalue weighted by Gasteiger charge is 2.38. The SMILES string of the molecule is c1ccc2c(c1)CCN2CC1(CNC2CC2)CCCC1. The third kappa shape index (κ3) is 2.46. The van der Waals surface area contributed by atoms with Crippen LogP contribution >= 0.6 is 0 Å². The number of benzene rings is 1. The second kappa shape index (κ2) is 5.07. The summed E-state index contributed by atoms with van der Waals surface area (Å²) in [4.78, 5) is 2.66. The van der Waals surface area contributed by atoms with Crippen molar-refractivity contribution in [3.8, 4) is 0 Å². The summed E-state index contributed by atoms with van der Waals surface area (Å²) in [6.07, 6.45) is 9.76. The molecule has 0 aromatic heterocycles. The summed E-state index contributed by atoms with van der Waals surface area (Å²) in [5, 5.41) is 3.81. The number of nitrogens with zero attached hydrogens (tertiary/aromatic N) is 1. The molecule has 2 aliphatic carbocycles. The molecule has 0 atom stereocenters. The van der Waals surface area contributed by atoms with E-state index in [9.17, 15) is 0 Å². The van der Waals surface area contributed by atoms with E-state index in [1.807, 2.05) is 0 Å². The maximum atomic E-state index is 3.81. The third-order valence-electron chi connectivity index (χ3n) is 5.52. The molecule has 4 rings (SSSR count). The summed E-state index contributed by atoms with van der Waals surface area (Å²) < 4.78 is 0. The van der Waals surface area contributed by atoms with E-state index >= 15 is 0 Å². The molecule has 1 aromatic rings. The van der Waals surface area contributed by atoms with Gasteiger partial charge in [0.1, 0.15) is 0 Å². The predicted octanol–water partition coefficient (Wildman–Crippen LogP) is 3.36. The van der Waals surface area contributed by atoms with Gasteiger partial charge >= 0.3 is 0 Å². The smallest absolute Gasteiger partial charge is 0.0399 e. The van der Waals surface area contributed by atoms with Gasteiger partial charge < -0.3 is 10.2 Å². The molecule has 2 saturated carbocycles. The van der Waals surface area contributed by atoms with Crippen LogP contribution in [0.25, 0.3) is 0 Å². The molecule has 3 aliphatic rings. The number of nitrogens with one attached hydrogen (secondary N) is 1. The zero-order valence-corrected chi connectivity index (χ0v) is 12.4. The standard InChI is InChI=1S/C18H26N2/c1-2-6-17-15(5-1)9-12-20(17)14-18(10-3-4-11-18)13-19-16-7-8-16/h1-2,5-6,16,19H,3-4,7-14H2. The highest BCUT2D eigenvalue weighted by atomic mass is 15.2. The Bertz CT molecular complexity index is 472. The number of fused-ring (bicyclic) bond motifs is 1. The summed E-state index contributed by atoms with van der Waals surface area (Å²) in [5.74, 6) is 0. The van der Waals surface area contributed by atoms with Crippen molar-refractivity contribution >= 4 is 5.69 Å². The van der Waals surface area contributed by atoms with Crippen molar-refractivity contribution in [3.05, 3.63) is 29.8 Å². The molecule has 0 spiro atoms. The molecule has 2 nitrogen and oxygen atoms in total. The van der Waals surface area contributed by atoms with E-state index in [0.29, 0.717) is 5.41 Å². The minimum absolute atomic E-state index is 0.542. The molecule has 108 valence electrons. The quantitative estimate of drug-likeness (QED) is 0.882. The Hall–Kier alpha value is -1.02. The van der Waals surface area contributed by atoms with Crippen LogP contribution < -0.4 is 10.2 Å². The minimum atomic E-state index is 0.542. The molecular formula is C18H26N2. The van der Waals surface area contributed by atoms with E-state index in [4.69, 9.17) is 0 Å². The van der Waals surface area contributed by atoms with Crippen LogP contribution in [0, 0.1) is 5.41 Å². The molecule has 0 bridgehead atoms. The molecule has 0 amide bonds. The molecule has 0 radical (unpaired) electrons. The lowest BCUT2D eigenvalue weighted by molar-refractivity contribution is 0.283. The van der Waals surface area contributed by atoms with E-state index in [1.54, 1.807) is 5.56 Å². The molecule has 1 heterocycles. The number of rotatable bonds is 5. The van der Waals surface area contributed by atoms with Crippen LogP contribution in [0.2, 0.25) is 0 Å². The van der Waals surface area contributed by atoms with Crippen molar-refractivity contribution in [1.29, 1.82) is 0 Å². The van der Waals surface area contributed by atoms with E-state index in [1.165, 1.54) is 70.3 Å². The number of hydrogen-bond donors (Lipinski definition) is 1. The van der Waals surface area contributed by atoms with Gasteiger partial charge in [-0.1, -0.05) is 31.0 Å². The number of anilines is 1. The average Bonchev–Trinajstić information content (AvgIpc) is 3.07. The van der Waals surface area contributed by atoms with E-state index in [0.717, 1.165) is 6.04 Å². The lowest BCUT2D eigenvalue weighted by atomic mass is 9.85. The first-order valence-corrected chi connectivity index (χ1v) is 8.41. The molecule has 1 aliphatic heterocycles. The second-order valence-corrected chi connectivity index (χ2v) is 7.16. The monoisotopic (exact) mass is 270 g/mol. The fourth-order valence-corrected chi connectivity index (χ4v) is 4.14. The summed E-state index contributed by atoms with van der Waals surface area (Å²) in [7, 11) is 0. The lowest BCUT2D eigenvalue weighted by Gasteiger charge is -2.35.